The van der Waals surface area contributed by atoms with Crippen LogP contribution < -0.4 is 21.9 Å². The van der Waals surface area contributed by atoms with E-state index in [-0.39, 0.29) is 30.3 Å². The SMILES string of the molecule is Cc1c(CN(Cc2ccccc2)c2c(N)n(Cc3ccccc3)c(=O)[nH]c2=O)cccc1[N+](=O)[O-]. The third kappa shape index (κ3) is 5.14. The molecule has 0 atom stereocenters. The van der Waals surface area contributed by atoms with Gasteiger partial charge >= 0.3 is 5.69 Å². The van der Waals surface area contributed by atoms with Gasteiger partial charge in [0.15, 0.2) is 0 Å². The molecular weight excluding hydrogens is 446 g/mol. The first kappa shape index (κ1) is 23.5. The van der Waals surface area contributed by atoms with E-state index < -0.39 is 16.2 Å². The molecule has 1 aromatic heterocycles. The lowest BCUT2D eigenvalue weighted by molar-refractivity contribution is -0.385. The highest BCUT2D eigenvalue weighted by molar-refractivity contribution is 5.63. The molecular formula is C26H25N5O4. The molecule has 0 saturated heterocycles. The molecule has 0 amide bonds. The van der Waals surface area contributed by atoms with Crippen LogP contribution in [-0.4, -0.2) is 14.5 Å². The van der Waals surface area contributed by atoms with Crippen LogP contribution in [0.15, 0.2) is 88.5 Å². The predicted molar refractivity (Wildman–Crippen MR) is 135 cm³/mol. The lowest BCUT2D eigenvalue weighted by Crippen LogP contribution is -2.38. The second-order valence-electron chi connectivity index (χ2n) is 8.22. The number of nitrogen functional groups attached to an aromatic ring is 1. The minimum atomic E-state index is -0.615. The van der Waals surface area contributed by atoms with E-state index in [2.05, 4.69) is 4.98 Å². The zero-order valence-corrected chi connectivity index (χ0v) is 19.2. The summed E-state index contributed by atoms with van der Waals surface area (Å²) in [5.41, 5.74) is 8.30. The number of aromatic amines is 1. The number of nitrogens with one attached hydrogen (secondary N) is 1. The highest BCUT2D eigenvalue weighted by Crippen LogP contribution is 2.27. The normalized spacial score (nSPS) is 10.8. The fraction of sp³-hybridized carbons (Fsp3) is 0.154. The maximum atomic E-state index is 13.0. The Bertz CT molecular complexity index is 1460. The largest absolute Gasteiger partial charge is 0.383 e. The molecule has 4 aromatic rings. The quantitative estimate of drug-likeness (QED) is 0.299. The third-order valence-corrected chi connectivity index (χ3v) is 5.91. The van der Waals surface area contributed by atoms with E-state index >= 15 is 0 Å². The summed E-state index contributed by atoms with van der Waals surface area (Å²) in [5.74, 6) is 0.0293. The van der Waals surface area contributed by atoms with Crippen LogP contribution in [0, 0.1) is 17.0 Å². The van der Waals surface area contributed by atoms with E-state index in [0.717, 1.165) is 11.1 Å². The van der Waals surface area contributed by atoms with Crippen LogP contribution in [0.5, 0.6) is 0 Å². The van der Waals surface area contributed by atoms with Gasteiger partial charge in [-0.05, 0) is 23.6 Å². The van der Waals surface area contributed by atoms with Crippen molar-refractivity contribution in [3.63, 3.8) is 0 Å². The van der Waals surface area contributed by atoms with Crippen molar-refractivity contribution in [3.05, 3.63) is 132 Å². The lowest BCUT2D eigenvalue weighted by atomic mass is 10.1. The fourth-order valence-electron chi connectivity index (χ4n) is 4.07. The molecule has 0 spiro atoms. The molecule has 4 rings (SSSR count). The van der Waals surface area contributed by atoms with Crippen molar-refractivity contribution in [2.75, 3.05) is 10.6 Å². The number of nitro groups is 1. The summed E-state index contributed by atoms with van der Waals surface area (Å²) in [6, 6.07) is 23.6. The van der Waals surface area contributed by atoms with Gasteiger partial charge < -0.3 is 10.6 Å². The first-order valence-corrected chi connectivity index (χ1v) is 11.0. The van der Waals surface area contributed by atoms with Crippen molar-refractivity contribution < 1.29 is 4.92 Å². The van der Waals surface area contributed by atoms with Crippen molar-refractivity contribution in [2.45, 2.75) is 26.6 Å². The summed E-state index contributed by atoms with van der Waals surface area (Å²) in [6.45, 7) is 2.35. The zero-order valence-electron chi connectivity index (χ0n) is 19.2. The van der Waals surface area contributed by atoms with Crippen LogP contribution in [0.25, 0.3) is 0 Å². The van der Waals surface area contributed by atoms with Crippen LogP contribution in [0.3, 0.4) is 0 Å². The van der Waals surface area contributed by atoms with Gasteiger partial charge in [0.1, 0.15) is 11.5 Å². The van der Waals surface area contributed by atoms with E-state index in [1.165, 1.54) is 10.6 Å². The number of benzene rings is 3. The van der Waals surface area contributed by atoms with Gasteiger partial charge in [0.25, 0.3) is 11.2 Å². The first-order chi connectivity index (χ1) is 16.8. The fourth-order valence-corrected chi connectivity index (χ4v) is 4.07. The average Bonchev–Trinajstić information content (AvgIpc) is 2.84. The van der Waals surface area contributed by atoms with Crippen molar-refractivity contribution in [3.8, 4) is 0 Å². The number of nitro benzene ring substituents is 1. The molecule has 0 bridgehead atoms. The number of nitrogens with zero attached hydrogens (tertiary/aromatic N) is 3. The number of rotatable bonds is 8. The molecule has 0 radical (unpaired) electrons. The molecule has 0 unspecified atom stereocenters. The summed E-state index contributed by atoms with van der Waals surface area (Å²) in [7, 11) is 0. The van der Waals surface area contributed by atoms with Crippen molar-refractivity contribution in [1.29, 1.82) is 0 Å². The van der Waals surface area contributed by atoms with E-state index in [0.29, 0.717) is 17.7 Å². The van der Waals surface area contributed by atoms with Crippen LogP contribution in [-0.2, 0) is 19.6 Å². The van der Waals surface area contributed by atoms with Crippen LogP contribution >= 0.6 is 0 Å². The third-order valence-electron chi connectivity index (χ3n) is 5.91. The van der Waals surface area contributed by atoms with Gasteiger partial charge in [-0.15, -0.1) is 0 Å². The maximum Gasteiger partial charge on any atom is 0.330 e. The van der Waals surface area contributed by atoms with Gasteiger partial charge in [0.05, 0.1) is 11.5 Å². The van der Waals surface area contributed by atoms with Crippen LogP contribution in [0.4, 0.5) is 17.2 Å². The number of aromatic nitrogens is 2. The molecule has 0 aliphatic rings. The van der Waals surface area contributed by atoms with E-state index in [4.69, 9.17) is 5.73 Å². The second kappa shape index (κ2) is 10.1. The molecule has 9 nitrogen and oxygen atoms in total. The molecule has 0 saturated carbocycles. The highest BCUT2D eigenvalue weighted by Gasteiger charge is 2.22. The number of hydrogen-bond acceptors (Lipinski definition) is 6. The summed E-state index contributed by atoms with van der Waals surface area (Å²) in [4.78, 5) is 40.9. The van der Waals surface area contributed by atoms with Gasteiger partial charge in [-0.2, -0.15) is 0 Å². The minimum Gasteiger partial charge on any atom is -0.383 e. The molecule has 0 aliphatic heterocycles. The number of hydrogen-bond donors (Lipinski definition) is 2. The Labute approximate surface area is 201 Å². The van der Waals surface area contributed by atoms with Gasteiger partial charge in [0.2, 0.25) is 0 Å². The van der Waals surface area contributed by atoms with Crippen molar-refractivity contribution in [1.82, 2.24) is 9.55 Å². The van der Waals surface area contributed by atoms with E-state index in [1.54, 1.807) is 24.0 Å². The highest BCUT2D eigenvalue weighted by atomic mass is 16.6. The molecule has 178 valence electrons. The Morgan fingerprint density at radius 2 is 1.54 bits per heavy atom. The predicted octanol–water partition coefficient (Wildman–Crippen LogP) is 3.59. The summed E-state index contributed by atoms with van der Waals surface area (Å²) >= 11 is 0. The summed E-state index contributed by atoms with van der Waals surface area (Å²) < 4.78 is 1.32. The van der Waals surface area contributed by atoms with Gasteiger partial charge in [-0.1, -0.05) is 72.8 Å². The molecule has 3 N–H and O–H groups in total. The Kier molecular flexibility index (Phi) is 6.77. The second-order valence-corrected chi connectivity index (χ2v) is 8.22. The van der Waals surface area contributed by atoms with Gasteiger partial charge in [-0.3, -0.25) is 24.5 Å². The summed E-state index contributed by atoms with van der Waals surface area (Å²) in [5, 5.41) is 11.5. The van der Waals surface area contributed by atoms with Crippen molar-refractivity contribution >= 4 is 17.2 Å². The number of anilines is 2. The molecule has 35 heavy (non-hydrogen) atoms. The Morgan fingerprint density at radius 1 is 0.914 bits per heavy atom. The Morgan fingerprint density at radius 3 is 2.17 bits per heavy atom. The molecule has 3 aromatic carbocycles. The van der Waals surface area contributed by atoms with E-state index in [1.807, 2.05) is 60.7 Å². The van der Waals surface area contributed by atoms with Gasteiger partial charge in [0, 0.05) is 24.7 Å². The maximum absolute atomic E-state index is 13.0. The smallest absolute Gasteiger partial charge is 0.330 e. The molecule has 0 fully saturated rings. The average molecular weight is 472 g/mol. The summed E-state index contributed by atoms with van der Waals surface area (Å²) in [6.07, 6.45) is 0. The van der Waals surface area contributed by atoms with Crippen molar-refractivity contribution in [2.24, 2.45) is 0 Å². The van der Waals surface area contributed by atoms with Gasteiger partial charge in [-0.25, -0.2) is 4.79 Å². The van der Waals surface area contributed by atoms with E-state index in [9.17, 15) is 19.7 Å². The standard InChI is InChI=1S/C26H25N5O4/c1-18-21(13-8-14-22(18)31(34)35)17-29(15-19-9-4-2-5-10-19)23-24(27)30(26(33)28-25(23)32)16-20-11-6-3-7-12-20/h2-14H,15-17,27H2,1H3,(H,28,32,33). The minimum absolute atomic E-state index is 0.00177. The number of nitrogens with two attached hydrogens (primary N) is 1. The van der Waals surface area contributed by atoms with Crippen LogP contribution in [0.2, 0.25) is 0 Å². The zero-order chi connectivity index (χ0) is 24.9. The molecule has 9 heteroatoms. The molecule has 0 aliphatic carbocycles. The Hall–Kier alpha value is -4.66. The topological polar surface area (TPSA) is 127 Å². The monoisotopic (exact) mass is 471 g/mol. The number of H-pyrrole nitrogens is 1. The Balaban J connectivity index is 1.83. The lowest BCUT2D eigenvalue weighted by Gasteiger charge is -2.27. The van der Waals surface area contributed by atoms with Crippen LogP contribution in [0.1, 0.15) is 22.3 Å². The molecule has 1 heterocycles. The first-order valence-electron chi connectivity index (χ1n) is 11.0.